The lowest BCUT2D eigenvalue weighted by atomic mass is 10.1. The van der Waals surface area contributed by atoms with Crippen molar-refractivity contribution in [3.05, 3.63) is 101 Å². The number of methoxy groups -OCH3 is 1. The molecule has 0 saturated heterocycles. The fourth-order valence-electron chi connectivity index (χ4n) is 4.31. The number of furan rings is 1. The Labute approximate surface area is 223 Å². The van der Waals surface area contributed by atoms with Gasteiger partial charge < -0.3 is 18.6 Å². The van der Waals surface area contributed by atoms with Gasteiger partial charge in [0.25, 0.3) is 5.91 Å². The van der Waals surface area contributed by atoms with Crippen molar-refractivity contribution < 1.29 is 22.4 Å². The second-order valence-electron chi connectivity index (χ2n) is 9.75. The summed E-state index contributed by atoms with van der Waals surface area (Å²) < 4.78 is 39.5. The van der Waals surface area contributed by atoms with Crippen molar-refractivity contribution in [3.63, 3.8) is 0 Å². The van der Waals surface area contributed by atoms with E-state index in [1.807, 2.05) is 39.0 Å². The van der Waals surface area contributed by atoms with E-state index in [0.717, 1.165) is 5.56 Å². The summed E-state index contributed by atoms with van der Waals surface area (Å²) in [7, 11) is -2.17. The zero-order valence-corrected chi connectivity index (χ0v) is 22.9. The van der Waals surface area contributed by atoms with Gasteiger partial charge in [0.15, 0.2) is 0 Å². The van der Waals surface area contributed by atoms with Gasteiger partial charge >= 0.3 is 0 Å². The number of imidazole rings is 1. The summed E-state index contributed by atoms with van der Waals surface area (Å²) in [6.45, 7) is 6.79. The Kier molecular flexibility index (Phi) is 8.36. The van der Waals surface area contributed by atoms with Crippen LogP contribution < -0.4 is 4.74 Å². The molecule has 2 aromatic heterocycles. The predicted molar refractivity (Wildman–Crippen MR) is 144 cm³/mol. The molecule has 2 heterocycles. The molecule has 4 rings (SSSR count). The molecular weight excluding hydrogens is 502 g/mol. The lowest BCUT2D eigenvalue weighted by Crippen LogP contribution is -2.31. The maximum Gasteiger partial charge on any atom is 0.254 e. The molecule has 0 aliphatic heterocycles. The monoisotopic (exact) mass is 535 g/mol. The first-order valence-corrected chi connectivity index (χ1v) is 14.1. The number of aromatic nitrogens is 2. The largest absolute Gasteiger partial charge is 0.497 e. The summed E-state index contributed by atoms with van der Waals surface area (Å²) in [5, 5.41) is 0.0116. The number of hydrogen-bond acceptors (Lipinski definition) is 6. The van der Waals surface area contributed by atoms with E-state index in [9.17, 15) is 13.2 Å². The van der Waals surface area contributed by atoms with Gasteiger partial charge in [-0.25, -0.2) is 13.4 Å². The van der Waals surface area contributed by atoms with E-state index in [-0.39, 0.29) is 35.8 Å². The van der Waals surface area contributed by atoms with Crippen molar-refractivity contribution in [1.29, 1.82) is 0 Å². The Bertz CT molecular complexity index is 1470. The molecule has 0 radical (unpaired) electrons. The zero-order chi connectivity index (χ0) is 27.3. The van der Waals surface area contributed by atoms with Crippen LogP contribution in [0.2, 0.25) is 0 Å². The summed E-state index contributed by atoms with van der Waals surface area (Å²) in [6, 6.07) is 17.9. The minimum absolute atomic E-state index is 0.0116. The first-order valence-electron chi connectivity index (χ1n) is 12.4. The van der Waals surface area contributed by atoms with E-state index >= 15 is 0 Å². The normalized spacial score (nSPS) is 11.6. The molecule has 4 aromatic rings. The van der Waals surface area contributed by atoms with Gasteiger partial charge in [-0.05, 0) is 54.8 Å². The average molecular weight is 536 g/mol. The molecule has 1 amide bonds. The van der Waals surface area contributed by atoms with Crippen molar-refractivity contribution in [2.75, 3.05) is 7.11 Å². The number of aryl methyl sites for hydroxylation is 1. The quantitative estimate of drug-likeness (QED) is 0.260. The van der Waals surface area contributed by atoms with Gasteiger partial charge in [-0.3, -0.25) is 4.79 Å². The van der Waals surface area contributed by atoms with Crippen LogP contribution in [-0.2, 0) is 35.2 Å². The molecule has 0 aliphatic rings. The highest BCUT2D eigenvalue weighted by molar-refractivity contribution is 7.90. The Hall–Kier alpha value is -3.85. The van der Waals surface area contributed by atoms with Gasteiger partial charge in [0, 0.05) is 12.1 Å². The third-order valence-corrected chi connectivity index (χ3v) is 7.67. The smallest absolute Gasteiger partial charge is 0.254 e. The Morgan fingerprint density at radius 2 is 1.84 bits per heavy atom. The third-order valence-electron chi connectivity index (χ3n) is 6.07. The lowest BCUT2D eigenvalue weighted by molar-refractivity contribution is 0.0712. The fourth-order valence-corrected chi connectivity index (χ4v) is 5.80. The summed E-state index contributed by atoms with van der Waals surface area (Å²) >= 11 is 0. The summed E-state index contributed by atoms with van der Waals surface area (Å²) in [6.07, 6.45) is 3.12. The van der Waals surface area contributed by atoms with Gasteiger partial charge in [-0.1, -0.05) is 43.7 Å². The molecule has 8 nitrogen and oxygen atoms in total. The highest BCUT2D eigenvalue weighted by Gasteiger charge is 2.27. The molecule has 0 bridgehead atoms. The van der Waals surface area contributed by atoms with Crippen LogP contribution in [0.25, 0.3) is 0 Å². The van der Waals surface area contributed by atoms with Crippen LogP contribution in [0.4, 0.5) is 0 Å². The van der Waals surface area contributed by atoms with Crippen LogP contribution in [0.1, 0.15) is 46.8 Å². The van der Waals surface area contributed by atoms with E-state index in [4.69, 9.17) is 9.15 Å². The van der Waals surface area contributed by atoms with Crippen molar-refractivity contribution in [3.8, 4) is 5.75 Å². The molecule has 200 valence electrons. The molecule has 9 heteroatoms. The third kappa shape index (κ3) is 6.52. The van der Waals surface area contributed by atoms with E-state index in [1.54, 1.807) is 71.5 Å². The van der Waals surface area contributed by atoms with Crippen LogP contribution in [0, 0.1) is 12.8 Å². The molecule has 0 atom stereocenters. The maximum atomic E-state index is 13.6. The van der Waals surface area contributed by atoms with Crippen molar-refractivity contribution in [2.45, 2.75) is 51.3 Å². The minimum atomic E-state index is -3.74. The second kappa shape index (κ2) is 11.7. The van der Waals surface area contributed by atoms with Crippen molar-refractivity contribution in [1.82, 2.24) is 14.5 Å². The van der Waals surface area contributed by atoms with Crippen LogP contribution >= 0.6 is 0 Å². The number of nitrogens with zero attached hydrogens (tertiary/aromatic N) is 3. The van der Waals surface area contributed by atoms with Gasteiger partial charge in [-0.2, -0.15) is 0 Å². The highest BCUT2D eigenvalue weighted by atomic mass is 32.2. The SMILES string of the molecule is COc1ccc(C(=O)N(Cc2ccco2)Cc2cnc(S(=O)(=O)Cc3cccc(C)c3)n2CC(C)C)cc1. The predicted octanol–water partition coefficient (Wildman–Crippen LogP) is 5.27. The number of sulfone groups is 1. The molecule has 0 spiro atoms. The first-order chi connectivity index (χ1) is 18.2. The van der Waals surface area contributed by atoms with Gasteiger partial charge in [0.1, 0.15) is 11.5 Å². The first kappa shape index (κ1) is 27.2. The van der Waals surface area contributed by atoms with Gasteiger partial charge in [-0.15, -0.1) is 0 Å². The lowest BCUT2D eigenvalue weighted by Gasteiger charge is -2.23. The number of carbonyl (C=O) groups is 1. The molecule has 38 heavy (non-hydrogen) atoms. The molecular formula is C29H33N3O5S. The van der Waals surface area contributed by atoms with E-state index in [1.165, 1.54) is 0 Å². The standard InChI is InChI=1S/C29H33N3O5S/c1-21(2)17-32-25(16-30-29(32)38(34,35)20-23-8-5-7-22(3)15-23)18-31(19-27-9-6-14-37-27)28(33)24-10-12-26(36-4)13-11-24/h5-16,21H,17-20H2,1-4H3. The summed E-state index contributed by atoms with van der Waals surface area (Å²) in [5.74, 6) is 1.06. The van der Waals surface area contributed by atoms with Crippen molar-refractivity contribution >= 4 is 15.7 Å². The molecule has 2 aromatic carbocycles. The molecule has 0 fully saturated rings. The molecule has 0 N–H and O–H groups in total. The second-order valence-corrected chi connectivity index (χ2v) is 11.6. The Morgan fingerprint density at radius 3 is 2.47 bits per heavy atom. The number of hydrogen-bond donors (Lipinski definition) is 0. The number of carbonyl (C=O) groups excluding carboxylic acids is 1. The molecule has 0 unspecified atom stereocenters. The zero-order valence-electron chi connectivity index (χ0n) is 22.1. The van der Waals surface area contributed by atoms with Gasteiger partial charge in [0.2, 0.25) is 15.0 Å². The summed E-state index contributed by atoms with van der Waals surface area (Å²) in [5.41, 5.74) is 2.82. The average Bonchev–Trinajstić information content (AvgIpc) is 3.53. The summed E-state index contributed by atoms with van der Waals surface area (Å²) in [4.78, 5) is 19.6. The topological polar surface area (TPSA) is 94.6 Å². The van der Waals surface area contributed by atoms with Crippen LogP contribution in [0.15, 0.2) is 82.7 Å². The number of benzene rings is 2. The van der Waals surface area contributed by atoms with Gasteiger partial charge in [0.05, 0.1) is 44.1 Å². The van der Waals surface area contributed by atoms with Crippen LogP contribution in [0.5, 0.6) is 5.75 Å². The molecule has 0 aliphatic carbocycles. The number of ether oxygens (including phenoxy) is 1. The number of rotatable bonds is 11. The Balaban J connectivity index is 1.68. The highest BCUT2D eigenvalue weighted by Crippen LogP contribution is 2.23. The minimum Gasteiger partial charge on any atom is -0.497 e. The van der Waals surface area contributed by atoms with E-state index in [2.05, 4.69) is 4.98 Å². The maximum absolute atomic E-state index is 13.6. The Morgan fingerprint density at radius 1 is 1.08 bits per heavy atom. The fraction of sp³-hybridized carbons (Fsp3) is 0.310. The van der Waals surface area contributed by atoms with Crippen LogP contribution in [-0.4, -0.2) is 35.9 Å². The molecule has 0 saturated carbocycles. The van der Waals surface area contributed by atoms with E-state index < -0.39 is 9.84 Å². The van der Waals surface area contributed by atoms with Crippen LogP contribution in [0.3, 0.4) is 0 Å². The van der Waals surface area contributed by atoms with E-state index in [0.29, 0.717) is 34.9 Å². The number of amides is 1. The van der Waals surface area contributed by atoms with Crippen molar-refractivity contribution in [2.24, 2.45) is 5.92 Å².